The first-order chi connectivity index (χ1) is 6.65. The van der Waals surface area contributed by atoms with Gasteiger partial charge in [-0.05, 0) is 48.9 Å². The zero-order chi connectivity index (χ0) is 10.2. The van der Waals surface area contributed by atoms with Crippen molar-refractivity contribution in [1.82, 2.24) is 0 Å². The van der Waals surface area contributed by atoms with Crippen LogP contribution in [0.3, 0.4) is 0 Å². The fourth-order valence-electron chi connectivity index (χ4n) is 1.70. The molecule has 0 atom stereocenters. The van der Waals surface area contributed by atoms with Gasteiger partial charge in [0.2, 0.25) is 0 Å². The van der Waals surface area contributed by atoms with Crippen LogP contribution in [0.5, 0.6) is 0 Å². The van der Waals surface area contributed by atoms with Crippen LogP contribution in [0.4, 0.5) is 4.39 Å². The summed E-state index contributed by atoms with van der Waals surface area (Å²) in [6.45, 7) is 0.733. The van der Waals surface area contributed by atoms with Crippen molar-refractivity contribution in [2.24, 2.45) is 11.1 Å². The molecule has 76 valence electrons. The summed E-state index contributed by atoms with van der Waals surface area (Å²) in [6.07, 6.45) is 3.37. The fraction of sp³-hybridized carbons (Fsp3) is 0.455. The molecule has 1 fully saturated rings. The molecule has 0 saturated heterocycles. The van der Waals surface area contributed by atoms with Crippen LogP contribution in [0.2, 0.25) is 0 Å². The molecule has 0 heterocycles. The molecule has 0 unspecified atom stereocenters. The van der Waals surface area contributed by atoms with Crippen molar-refractivity contribution in [2.45, 2.75) is 19.3 Å². The summed E-state index contributed by atoms with van der Waals surface area (Å²) in [5, 5.41) is 0. The summed E-state index contributed by atoms with van der Waals surface area (Å²) < 4.78 is 13.7. The Morgan fingerprint density at radius 1 is 1.43 bits per heavy atom. The Kier molecular flexibility index (Phi) is 2.62. The number of nitrogens with two attached hydrogens (primary N) is 1. The van der Waals surface area contributed by atoms with Gasteiger partial charge in [0, 0.05) is 4.47 Å². The lowest BCUT2D eigenvalue weighted by molar-refractivity contribution is 0.519. The van der Waals surface area contributed by atoms with Gasteiger partial charge < -0.3 is 5.73 Å². The van der Waals surface area contributed by atoms with Crippen molar-refractivity contribution in [3.05, 3.63) is 34.1 Å². The predicted molar refractivity (Wildman–Crippen MR) is 58.5 cm³/mol. The molecule has 14 heavy (non-hydrogen) atoms. The first-order valence-electron chi connectivity index (χ1n) is 4.79. The maximum Gasteiger partial charge on any atom is 0.124 e. The SMILES string of the molecule is NCC1(Cc2ccc(F)cc2Br)CC1. The first kappa shape index (κ1) is 10.1. The molecular weight excluding hydrogens is 245 g/mol. The third-order valence-electron chi connectivity index (χ3n) is 2.97. The Hall–Kier alpha value is -0.410. The lowest BCUT2D eigenvalue weighted by Gasteiger charge is -2.13. The van der Waals surface area contributed by atoms with E-state index in [1.165, 1.54) is 25.0 Å². The van der Waals surface area contributed by atoms with Crippen molar-refractivity contribution in [3.8, 4) is 0 Å². The second kappa shape index (κ2) is 3.63. The van der Waals surface area contributed by atoms with Gasteiger partial charge in [-0.1, -0.05) is 22.0 Å². The molecule has 2 rings (SSSR count). The number of hydrogen-bond donors (Lipinski definition) is 1. The molecule has 1 aliphatic carbocycles. The van der Waals surface area contributed by atoms with E-state index in [1.807, 2.05) is 6.07 Å². The van der Waals surface area contributed by atoms with Crippen LogP contribution >= 0.6 is 15.9 Å². The van der Waals surface area contributed by atoms with Crippen molar-refractivity contribution in [1.29, 1.82) is 0 Å². The number of halogens is 2. The van der Waals surface area contributed by atoms with E-state index in [2.05, 4.69) is 15.9 Å². The van der Waals surface area contributed by atoms with Crippen LogP contribution in [-0.2, 0) is 6.42 Å². The molecule has 3 heteroatoms. The number of benzene rings is 1. The molecule has 0 aromatic heterocycles. The minimum absolute atomic E-state index is 0.196. The van der Waals surface area contributed by atoms with Gasteiger partial charge in [-0.25, -0.2) is 4.39 Å². The van der Waals surface area contributed by atoms with E-state index in [-0.39, 0.29) is 5.82 Å². The lowest BCUT2D eigenvalue weighted by atomic mass is 9.97. The molecule has 1 saturated carbocycles. The zero-order valence-corrected chi connectivity index (χ0v) is 9.48. The molecule has 1 nitrogen and oxygen atoms in total. The topological polar surface area (TPSA) is 26.0 Å². The van der Waals surface area contributed by atoms with Gasteiger partial charge in [-0.2, -0.15) is 0 Å². The zero-order valence-electron chi connectivity index (χ0n) is 7.89. The van der Waals surface area contributed by atoms with E-state index in [1.54, 1.807) is 0 Å². The van der Waals surface area contributed by atoms with Crippen LogP contribution in [0.1, 0.15) is 18.4 Å². The quantitative estimate of drug-likeness (QED) is 0.886. The normalized spacial score (nSPS) is 18.2. The highest BCUT2D eigenvalue weighted by molar-refractivity contribution is 9.10. The van der Waals surface area contributed by atoms with E-state index in [9.17, 15) is 4.39 Å². The Morgan fingerprint density at radius 3 is 2.64 bits per heavy atom. The number of hydrogen-bond acceptors (Lipinski definition) is 1. The monoisotopic (exact) mass is 257 g/mol. The minimum atomic E-state index is -0.196. The summed E-state index contributed by atoms with van der Waals surface area (Å²) in [4.78, 5) is 0. The average molecular weight is 258 g/mol. The third-order valence-corrected chi connectivity index (χ3v) is 3.71. The van der Waals surface area contributed by atoms with Gasteiger partial charge in [0.15, 0.2) is 0 Å². The molecule has 1 aliphatic rings. The summed E-state index contributed by atoms with van der Waals surface area (Å²) in [5.74, 6) is -0.196. The second-order valence-corrected chi connectivity index (χ2v) is 4.97. The second-order valence-electron chi connectivity index (χ2n) is 4.12. The molecule has 0 aliphatic heterocycles. The Morgan fingerprint density at radius 2 is 2.14 bits per heavy atom. The molecule has 0 radical (unpaired) electrons. The summed E-state index contributed by atoms with van der Waals surface area (Å²) >= 11 is 3.38. The van der Waals surface area contributed by atoms with Crippen molar-refractivity contribution < 1.29 is 4.39 Å². The van der Waals surface area contributed by atoms with E-state index in [0.717, 1.165) is 23.0 Å². The molecular formula is C11H13BrFN. The Bertz CT molecular complexity index is 347. The highest BCUT2D eigenvalue weighted by atomic mass is 79.9. The molecule has 1 aromatic rings. The average Bonchev–Trinajstić information content (AvgIpc) is 2.91. The van der Waals surface area contributed by atoms with E-state index in [4.69, 9.17) is 5.73 Å². The van der Waals surface area contributed by atoms with Gasteiger partial charge in [0.25, 0.3) is 0 Å². The first-order valence-corrected chi connectivity index (χ1v) is 5.59. The predicted octanol–water partition coefficient (Wildman–Crippen LogP) is 2.87. The van der Waals surface area contributed by atoms with Crippen molar-refractivity contribution in [3.63, 3.8) is 0 Å². The fourth-order valence-corrected chi connectivity index (χ4v) is 2.19. The van der Waals surface area contributed by atoms with Crippen molar-refractivity contribution in [2.75, 3.05) is 6.54 Å². The van der Waals surface area contributed by atoms with Crippen molar-refractivity contribution >= 4 is 15.9 Å². The Balaban J connectivity index is 2.17. The Labute approximate surface area is 91.6 Å². The standard InChI is InChI=1S/C11H13BrFN/c12-10-5-9(13)2-1-8(10)6-11(7-14)3-4-11/h1-2,5H,3-4,6-7,14H2. The number of rotatable bonds is 3. The van der Waals surface area contributed by atoms with E-state index in [0.29, 0.717) is 5.41 Å². The molecule has 0 amide bonds. The van der Waals surface area contributed by atoms with E-state index >= 15 is 0 Å². The molecule has 1 aromatic carbocycles. The molecule has 2 N–H and O–H groups in total. The highest BCUT2D eigenvalue weighted by Gasteiger charge is 2.41. The van der Waals surface area contributed by atoms with Crippen LogP contribution in [0.25, 0.3) is 0 Å². The van der Waals surface area contributed by atoms with Crippen LogP contribution in [0, 0.1) is 11.2 Å². The van der Waals surface area contributed by atoms with Crippen LogP contribution in [-0.4, -0.2) is 6.54 Å². The maximum atomic E-state index is 12.8. The minimum Gasteiger partial charge on any atom is -0.330 e. The smallest absolute Gasteiger partial charge is 0.124 e. The van der Waals surface area contributed by atoms with Crippen LogP contribution in [0.15, 0.2) is 22.7 Å². The summed E-state index contributed by atoms with van der Waals surface area (Å²) in [6, 6.07) is 4.86. The van der Waals surface area contributed by atoms with Gasteiger partial charge in [0.05, 0.1) is 0 Å². The maximum absolute atomic E-state index is 12.8. The molecule has 0 bridgehead atoms. The van der Waals surface area contributed by atoms with Gasteiger partial charge in [-0.3, -0.25) is 0 Å². The highest BCUT2D eigenvalue weighted by Crippen LogP contribution is 2.48. The third kappa shape index (κ3) is 1.98. The largest absolute Gasteiger partial charge is 0.330 e. The van der Waals surface area contributed by atoms with Gasteiger partial charge in [-0.15, -0.1) is 0 Å². The summed E-state index contributed by atoms with van der Waals surface area (Å²) in [5.41, 5.74) is 7.17. The molecule has 0 spiro atoms. The lowest BCUT2D eigenvalue weighted by Crippen LogP contribution is -2.18. The summed E-state index contributed by atoms with van der Waals surface area (Å²) in [7, 11) is 0. The van der Waals surface area contributed by atoms with Gasteiger partial charge >= 0.3 is 0 Å². The van der Waals surface area contributed by atoms with Gasteiger partial charge in [0.1, 0.15) is 5.82 Å². The van der Waals surface area contributed by atoms with E-state index < -0.39 is 0 Å². The van der Waals surface area contributed by atoms with Crippen LogP contribution < -0.4 is 5.73 Å².